The van der Waals surface area contributed by atoms with Gasteiger partial charge in [-0.15, -0.1) is 10.2 Å². The lowest BCUT2D eigenvalue weighted by Gasteiger charge is -2.07. The Kier molecular flexibility index (Phi) is 6.05. The second-order valence-corrected chi connectivity index (χ2v) is 7.88. The number of carbonyl (C=O) groups excluding carboxylic acids is 1. The molecule has 21 heavy (non-hydrogen) atoms. The molecule has 108 valence electrons. The Labute approximate surface area is 142 Å². The molecule has 5 nitrogen and oxygen atoms in total. The Hall–Kier alpha value is -1.08. The summed E-state index contributed by atoms with van der Waals surface area (Å²) >= 11 is 7.27. The van der Waals surface area contributed by atoms with Gasteiger partial charge in [0.25, 0.3) is 0 Å². The van der Waals surface area contributed by atoms with Gasteiger partial charge in [-0.05, 0) is 52.8 Å². The summed E-state index contributed by atoms with van der Waals surface area (Å²) in [6.07, 6.45) is 0. The van der Waals surface area contributed by atoms with Crippen LogP contribution in [0.3, 0.4) is 0 Å². The summed E-state index contributed by atoms with van der Waals surface area (Å²) in [5, 5.41) is 22.2. The molecule has 0 atom stereocenters. The van der Waals surface area contributed by atoms with E-state index in [0.29, 0.717) is 5.69 Å². The number of amides is 1. The van der Waals surface area contributed by atoms with E-state index in [-0.39, 0.29) is 11.7 Å². The maximum atomic E-state index is 11.9. The number of benzene rings is 1. The van der Waals surface area contributed by atoms with Crippen molar-refractivity contribution < 1.29 is 4.79 Å². The van der Waals surface area contributed by atoms with Gasteiger partial charge in [-0.25, -0.2) is 0 Å². The summed E-state index contributed by atoms with van der Waals surface area (Å²) in [6.45, 7) is 1.87. The molecular formula is C12H9BrN4OS3. The summed E-state index contributed by atoms with van der Waals surface area (Å²) in [5.41, 5.74) is 0.677. The van der Waals surface area contributed by atoms with Crippen LogP contribution in [0.25, 0.3) is 0 Å². The molecule has 0 aliphatic carbocycles. The van der Waals surface area contributed by atoms with Crippen molar-refractivity contribution >= 4 is 62.4 Å². The standard InChI is InChI=1S/C12H9BrN4OS3/c1-7-16-17-12(21-7)19-5-11(18)15-10-3-2-8(20-6-14)4-9(10)13/h2-4H,5H2,1H3,(H,15,18). The van der Waals surface area contributed by atoms with E-state index >= 15 is 0 Å². The van der Waals surface area contributed by atoms with E-state index in [4.69, 9.17) is 5.26 Å². The number of nitrogens with zero attached hydrogens (tertiary/aromatic N) is 3. The average Bonchev–Trinajstić information content (AvgIpc) is 2.86. The number of nitrogens with one attached hydrogen (secondary N) is 1. The smallest absolute Gasteiger partial charge is 0.234 e. The van der Waals surface area contributed by atoms with Crippen molar-refractivity contribution in [2.45, 2.75) is 16.2 Å². The molecule has 9 heteroatoms. The highest BCUT2D eigenvalue weighted by Gasteiger charge is 2.09. The minimum Gasteiger partial charge on any atom is -0.324 e. The molecule has 1 amide bonds. The van der Waals surface area contributed by atoms with Crippen LogP contribution in [0.15, 0.2) is 31.9 Å². The maximum Gasteiger partial charge on any atom is 0.234 e. The van der Waals surface area contributed by atoms with Crippen LogP contribution in [0.5, 0.6) is 0 Å². The van der Waals surface area contributed by atoms with Crippen molar-refractivity contribution in [3.05, 3.63) is 27.7 Å². The quantitative estimate of drug-likeness (QED) is 0.605. The number of thiocyanates is 1. The summed E-state index contributed by atoms with van der Waals surface area (Å²) in [7, 11) is 0. The van der Waals surface area contributed by atoms with E-state index in [9.17, 15) is 4.79 Å². The second-order valence-electron chi connectivity index (χ2n) is 3.76. The van der Waals surface area contributed by atoms with E-state index in [2.05, 4.69) is 31.4 Å². The highest BCUT2D eigenvalue weighted by molar-refractivity contribution is 9.10. The van der Waals surface area contributed by atoms with Crippen LogP contribution in [0.1, 0.15) is 5.01 Å². The third-order valence-electron chi connectivity index (χ3n) is 2.21. The van der Waals surface area contributed by atoms with Crippen molar-refractivity contribution in [3.8, 4) is 5.40 Å². The van der Waals surface area contributed by atoms with Gasteiger partial charge in [0.15, 0.2) is 4.34 Å². The number of thioether (sulfide) groups is 2. The molecular weight excluding hydrogens is 392 g/mol. The number of anilines is 1. The zero-order valence-corrected chi connectivity index (χ0v) is 14.8. The SMILES string of the molecule is Cc1nnc(SCC(=O)Nc2ccc(SC#N)cc2Br)s1. The molecule has 0 saturated heterocycles. The van der Waals surface area contributed by atoms with Gasteiger partial charge in [-0.3, -0.25) is 4.79 Å². The van der Waals surface area contributed by atoms with Crippen molar-refractivity contribution in [3.63, 3.8) is 0 Å². The number of halogens is 1. The molecule has 0 saturated carbocycles. The molecule has 0 aliphatic heterocycles. The van der Waals surface area contributed by atoms with Gasteiger partial charge in [0.05, 0.1) is 11.4 Å². The molecule has 0 spiro atoms. The molecule has 2 aromatic rings. The average molecular weight is 401 g/mol. The highest BCUT2D eigenvalue weighted by atomic mass is 79.9. The molecule has 0 bridgehead atoms. The number of rotatable bonds is 5. The Morgan fingerprint density at radius 1 is 1.52 bits per heavy atom. The van der Waals surface area contributed by atoms with Gasteiger partial charge in [0, 0.05) is 9.37 Å². The summed E-state index contributed by atoms with van der Waals surface area (Å²) in [5.74, 6) is 0.157. The number of hydrogen-bond acceptors (Lipinski definition) is 7. The van der Waals surface area contributed by atoms with E-state index in [0.717, 1.165) is 30.5 Å². The van der Waals surface area contributed by atoms with Crippen molar-refractivity contribution in [1.82, 2.24) is 10.2 Å². The fourth-order valence-electron chi connectivity index (χ4n) is 1.36. The fraction of sp³-hybridized carbons (Fsp3) is 0.167. The lowest BCUT2D eigenvalue weighted by atomic mass is 10.3. The van der Waals surface area contributed by atoms with E-state index < -0.39 is 0 Å². The van der Waals surface area contributed by atoms with E-state index in [1.54, 1.807) is 18.2 Å². The van der Waals surface area contributed by atoms with Crippen LogP contribution in [0, 0.1) is 17.6 Å². The van der Waals surface area contributed by atoms with E-state index in [1.807, 2.05) is 12.3 Å². The second kappa shape index (κ2) is 7.79. The minimum atomic E-state index is -0.116. The van der Waals surface area contributed by atoms with Gasteiger partial charge in [-0.2, -0.15) is 5.26 Å². The number of hydrogen-bond donors (Lipinski definition) is 1. The Bertz CT molecular complexity index is 698. The predicted octanol–water partition coefficient (Wildman–Crippen LogP) is 3.91. The van der Waals surface area contributed by atoms with Crippen LogP contribution in [0.2, 0.25) is 0 Å². The maximum absolute atomic E-state index is 11.9. The number of aromatic nitrogens is 2. The first-order chi connectivity index (χ1) is 10.1. The Morgan fingerprint density at radius 2 is 2.33 bits per heavy atom. The molecule has 1 heterocycles. The molecule has 0 radical (unpaired) electrons. The number of carbonyl (C=O) groups is 1. The molecule has 0 unspecified atom stereocenters. The zero-order valence-electron chi connectivity index (χ0n) is 10.8. The monoisotopic (exact) mass is 400 g/mol. The summed E-state index contributed by atoms with van der Waals surface area (Å²) in [4.78, 5) is 12.7. The minimum absolute atomic E-state index is 0.116. The predicted molar refractivity (Wildman–Crippen MR) is 89.6 cm³/mol. The van der Waals surface area contributed by atoms with Crippen LogP contribution in [-0.4, -0.2) is 21.9 Å². The highest BCUT2D eigenvalue weighted by Crippen LogP contribution is 2.28. The lowest BCUT2D eigenvalue weighted by Crippen LogP contribution is -2.14. The fourth-order valence-corrected chi connectivity index (χ4v) is 4.03. The molecule has 1 aromatic heterocycles. The Morgan fingerprint density at radius 3 is 2.95 bits per heavy atom. The third-order valence-corrected chi connectivity index (χ3v) is 5.42. The van der Waals surface area contributed by atoms with Gasteiger partial charge < -0.3 is 5.32 Å². The molecule has 1 aromatic carbocycles. The topological polar surface area (TPSA) is 78.7 Å². The third kappa shape index (κ3) is 5.00. The van der Waals surface area contributed by atoms with Gasteiger partial charge in [0.2, 0.25) is 5.91 Å². The van der Waals surface area contributed by atoms with Crippen LogP contribution in [0.4, 0.5) is 5.69 Å². The van der Waals surface area contributed by atoms with E-state index in [1.165, 1.54) is 23.1 Å². The van der Waals surface area contributed by atoms with Crippen LogP contribution >= 0.6 is 50.8 Å². The summed E-state index contributed by atoms with van der Waals surface area (Å²) in [6, 6.07) is 5.35. The molecule has 2 rings (SSSR count). The largest absolute Gasteiger partial charge is 0.324 e. The van der Waals surface area contributed by atoms with Crippen LogP contribution in [-0.2, 0) is 4.79 Å². The number of nitriles is 1. The van der Waals surface area contributed by atoms with Crippen molar-refractivity contribution in [2.24, 2.45) is 0 Å². The van der Waals surface area contributed by atoms with Crippen LogP contribution < -0.4 is 5.32 Å². The van der Waals surface area contributed by atoms with Gasteiger partial charge >= 0.3 is 0 Å². The summed E-state index contributed by atoms with van der Waals surface area (Å²) < 4.78 is 1.52. The first-order valence-corrected chi connectivity index (χ1v) is 9.08. The zero-order chi connectivity index (χ0) is 15.2. The lowest BCUT2D eigenvalue weighted by molar-refractivity contribution is -0.113. The van der Waals surface area contributed by atoms with Crippen molar-refractivity contribution in [2.75, 3.05) is 11.1 Å². The molecule has 0 aliphatic rings. The van der Waals surface area contributed by atoms with Gasteiger partial charge in [-0.1, -0.05) is 23.1 Å². The first-order valence-electron chi connectivity index (χ1n) is 5.66. The molecule has 0 fully saturated rings. The Balaban J connectivity index is 1.92. The van der Waals surface area contributed by atoms with Gasteiger partial charge in [0.1, 0.15) is 10.4 Å². The van der Waals surface area contributed by atoms with Crippen molar-refractivity contribution in [1.29, 1.82) is 5.26 Å². The first kappa shape index (κ1) is 16.3. The normalized spacial score (nSPS) is 10.1. The molecule has 1 N–H and O–H groups in total. The number of aryl methyl sites for hydroxylation is 1.